The molecule has 0 unspecified atom stereocenters. The zero-order chi connectivity index (χ0) is 31.9. The molecule has 1 aliphatic carbocycles. The van der Waals surface area contributed by atoms with E-state index in [1.54, 1.807) is 40.8 Å². The molecule has 2 atom stereocenters. The predicted octanol–water partition coefficient (Wildman–Crippen LogP) is 3.50. The number of ether oxygens (including phenoxy) is 2. The van der Waals surface area contributed by atoms with Gasteiger partial charge in [-0.15, -0.1) is 0 Å². The fourth-order valence-corrected chi connectivity index (χ4v) is 6.42. The van der Waals surface area contributed by atoms with Gasteiger partial charge in [0.2, 0.25) is 5.91 Å². The highest BCUT2D eigenvalue weighted by Crippen LogP contribution is 2.45. The van der Waals surface area contributed by atoms with Crippen molar-refractivity contribution >= 4 is 28.9 Å². The molecule has 2 aliphatic heterocycles. The minimum absolute atomic E-state index is 0.0352. The number of carbonyl (C=O) groups is 3. The van der Waals surface area contributed by atoms with Crippen molar-refractivity contribution in [3.05, 3.63) is 61.7 Å². The lowest BCUT2D eigenvalue weighted by molar-refractivity contribution is -0.169. The normalized spacial score (nSPS) is 20.0. The van der Waals surface area contributed by atoms with Crippen molar-refractivity contribution in [1.82, 2.24) is 19.8 Å². The Labute approximate surface area is 253 Å². The van der Waals surface area contributed by atoms with Crippen molar-refractivity contribution < 1.29 is 33.4 Å². The molecule has 11 nitrogen and oxygen atoms in total. The zero-order valence-electron chi connectivity index (χ0n) is 25.6. The topological polar surface area (TPSA) is 140 Å². The Hall–Kier alpha value is -4.32. The fraction of sp³-hybridized carbons (Fsp3) is 0.469. The molecular weight excluding hydrogens is 571 g/mol. The van der Waals surface area contributed by atoms with Crippen LogP contribution in [0, 0.1) is 12.7 Å². The highest BCUT2D eigenvalue weighted by atomic mass is 19.1. The van der Waals surface area contributed by atoms with Crippen LogP contribution < -0.4 is 10.9 Å². The summed E-state index contributed by atoms with van der Waals surface area (Å²) in [7, 11) is 1.57. The molecule has 0 saturated carbocycles. The number of hydrogen-bond donors (Lipinski definition) is 2. The molecule has 2 aromatic heterocycles. The second-order valence-electron chi connectivity index (χ2n) is 13.0. The number of rotatable bonds is 4. The van der Waals surface area contributed by atoms with Gasteiger partial charge in [-0.05, 0) is 70.2 Å². The molecule has 6 rings (SSSR count). The number of aryl methyl sites for hydroxylation is 1. The van der Waals surface area contributed by atoms with Gasteiger partial charge in [-0.3, -0.25) is 9.59 Å². The number of fused-ring (bicyclic) bond motifs is 5. The largest absolute Gasteiger partial charge is 0.458 e. The van der Waals surface area contributed by atoms with Crippen molar-refractivity contribution in [2.24, 2.45) is 0 Å². The minimum atomic E-state index is -2.02. The van der Waals surface area contributed by atoms with E-state index in [4.69, 9.17) is 14.5 Å². The molecule has 1 aromatic carbocycles. The van der Waals surface area contributed by atoms with Gasteiger partial charge >= 0.3 is 12.1 Å². The van der Waals surface area contributed by atoms with Crippen LogP contribution in [-0.2, 0) is 44.2 Å². The number of hydrogen-bond acceptors (Lipinski definition) is 8. The van der Waals surface area contributed by atoms with Crippen LogP contribution in [0.5, 0.6) is 0 Å². The summed E-state index contributed by atoms with van der Waals surface area (Å²) in [6, 6.07) is 2.49. The van der Waals surface area contributed by atoms with Crippen LogP contribution >= 0.6 is 0 Å². The van der Waals surface area contributed by atoms with Crippen LogP contribution in [0.4, 0.5) is 9.18 Å². The number of nitrogens with one attached hydrogen (secondary N) is 1. The van der Waals surface area contributed by atoms with Crippen molar-refractivity contribution in [3.63, 3.8) is 0 Å². The molecule has 0 bridgehead atoms. The molecule has 2 N–H and O–H groups in total. The molecule has 3 aliphatic rings. The van der Waals surface area contributed by atoms with Crippen LogP contribution in [0.15, 0.2) is 16.9 Å². The van der Waals surface area contributed by atoms with E-state index in [1.165, 1.54) is 22.5 Å². The van der Waals surface area contributed by atoms with Gasteiger partial charge in [0.1, 0.15) is 18.0 Å². The third-order valence-electron chi connectivity index (χ3n) is 8.72. The smallest absolute Gasteiger partial charge is 0.410 e. The summed E-state index contributed by atoms with van der Waals surface area (Å²) >= 11 is 0. The number of esters is 1. The van der Waals surface area contributed by atoms with Crippen LogP contribution in [0.2, 0.25) is 0 Å². The van der Waals surface area contributed by atoms with Gasteiger partial charge in [-0.2, -0.15) is 0 Å². The van der Waals surface area contributed by atoms with Crippen molar-refractivity contribution in [1.29, 1.82) is 0 Å². The Balaban J connectivity index is 1.40. The predicted molar refractivity (Wildman–Crippen MR) is 157 cm³/mol. The number of cyclic esters (lactones) is 1. The molecule has 4 heterocycles. The number of amides is 2. The maximum absolute atomic E-state index is 15.1. The van der Waals surface area contributed by atoms with Gasteiger partial charge in [0, 0.05) is 42.6 Å². The SMILES string of the molecule is Cc1c(F)cc2nc3c(c4c2c1CC[C@@H]4NC(=O)CCN(C)C(=O)OC(C)(C)C)Cn1c-3cc2c(c1=O)COC(=O)[C@@]2(C)O. The molecule has 0 radical (unpaired) electrons. The average molecular weight is 607 g/mol. The molecule has 0 spiro atoms. The lowest BCUT2D eigenvalue weighted by atomic mass is 9.81. The van der Waals surface area contributed by atoms with Crippen LogP contribution in [0.3, 0.4) is 0 Å². The third-order valence-corrected chi connectivity index (χ3v) is 8.72. The first kappa shape index (κ1) is 29.7. The Morgan fingerprint density at radius 3 is 2.68 bits per heavy atom. The molecule has 0 saturated heterocycles. The van der Waals surface area contributed by atoms with Gasteiger partial charge in [0.25, 0.3) is 5.56 Å². The third kappa shape index (κ3) is 4.72. The summed E-state index contributed by atoms with van der Waals surface area (Å²) in [5, 5.41) is 14.8. The monoisotopic (exact) mass is 606 g/mol. The van der Waals surface area contributed by atoms with E-state index >= 15 is 4.39 Å². The summed E-state index contributed by atoms with van der Waals surface area (Å²) in [4.78, 5) is 57.8. The first-order valence-corrected chi connectivity index (χ1v) is 14.6. The van der Waals surface area contributed by atoms with Crippen LogP contribution in [-0.4, -0.2) is 56.7 Å². The first-order chi connectivity index (χ1) is 20.6. The second kappa shape index (κ2) is 10.1. The Morgan fingerprint density at radius 1 is 1.25 bits per heavy atom. The van der Waals surface area contributed by atoms with Crippen molar-refractivity contribution in [2.45, 2.75) is 84.3 Å². The molecular formula is C32H35FN4O7. The van der Waals surface area contributed by atoms with Gasteiger partial charge in [-0.1, -0.05) is 0 Å². The first-order valence-electron chi connectivity index (χ1n) is 14.6. The highest BCUT2D eigenvalue weighted by molar-refractivity contribution is 5.94. The molecule has 3 aromatic rings. The zero-order valence-corrected chi connectivity index (χ0v) is 25.6. The number of aliphatic hydroxyl groups is 1. The Bertz CT molecular complexity index is 1840. The van der Waals surface area contributed by atoms with Crippen LogP contribution in [0.25, 0.3) is 22.3 Å². The van der Waals surface area contributed by atoms with E-state index in [0.29, 0.717) is 40.9 Å². The highest BCUT2D eigenvalue weighted by Gasteiger charge is 2.43. The average Bonchev–Trinajstić information content (AvgIpc) is 3.31. The number of halogens is 1. The van der Waals surface area contributed by atoms with Gasteiger partial charge < -0.3 is 29.4 Å². The number of benzene rings is 1. The number of pyridine rings is 2. The summed E-state index contributed by atoms with van der Waals surface area (Å²) in [6.07, 6.45) is 0.516. The van der Waals surface area contributed by atoms with Crippen LogP contribution in [0.1, 0.15) is 80.0 Å². The summed E-state index contributed by atoms with van der Waals surface area (Å²) in [5.41, 5.74) is 1.28. The molecule has 12 heteroatoms. The second-order valence-corrected chi connectivity index (χ2v) is 13.0. The van der Waals surface area contributed by atoms with E-state index in [9.17, 15) is 24.3 Å². The fourth-order valence-electron chi connectivity index (χ4n) is 6.42. The minimum Gasteiger partial charge on any atom is -0.458 e. The van der Waals surface area contributed by atoms with Gasteiger partial charge in [0.05, 0.1) is 35.1 Å². The van der Waals surface area contributed by atoms with E-state index in [0.717, 1.165) is 16.5 Å². The number of carbonyl (C=O) groups excluding carboxylic acids is 3. The summed E-state index contributed by atoms with van der Waals surface area (Å²) in [5.74, 6) is -1.53. The van der Waals surface area contributed by atoms with Crippen molar-refractivity contribution in [3.8, 4) is 11.4 Å². The summed E-state index contributed by atoms with van der Waals surface area (Å²) < 4.78 is 27.1. The van der Waals surface area contributed by atoms with E-state index < -0.39 is 40.7 Å². The Kier molecular flexibility index (Phi) is 6.84. The maximum atomic E-state index is 15.1. The molecule has 0 fully saturated rings. The maximum Gasteiger partial charge on any atom is 0.410 e. The van der Waals surface area contributed by atoms with Gasteiger partial charge in [-0.25, -0.2) is 19.0 Å². The van der Waals surface area contributed by atoms with Crippen molar-refractivity contribution in [2.75, 3.05) is 13.6 Å². The lowest BCUT2D eigenvalue weighted by Gasteiger charge is -2.30. The quantitative estimate of drug-likeness (QED) is 0.337. The molecule has 232 valence electrons. The van der Waals surface area contributed by atoms with E-state index in [1.807, 2.05) is 0 Å². The van der Waals surface area contributed by atoms with E-state index in [2.05, 4.69) is 5.32 Å². The lowest BCUT2D eigenvalue weighted by Crippen LogP contribution is -2.42. The van der Waals surface area contributed by atoms with E-state index in [-0.39, 0.29) is 43.2 Å². The summed E-state index contributed by atoms with van der Waals surface area (Å²) in [6.45, 7) is 8.35. The standard InChI is InChI=1S/C32H35FN4O7/c1-15-16-7-8-21(34-24(38)9-10-36(6)30(41)44-31(2,3)4)26-17-13-37-23(27(17)35-22(25(16)26)12-20(15)33)11-19-18(28(37)39)14-43-29(40)32(19,5)42/h11-12,21,42H,7-10,13-14H2,1-6H3,(H,34,38)/t21-,32-/m0/s1. The molecule has 44 heavy (non-hydrogen) atoms. The number of aromatic nitrogens is 2. The van der Waals surface area contributed by atoms with Gasteiger partial charge in [0.15, 0.2) is 5.60 Å². The Morgan fingerprint density at radius 2 is 1.98 bits per heavy atom. The molecule has 2 amide bonds. The number of nitrogens with zero attached hydrogens (tertiary/aromatic N) is 3.